The molecule has 2 nitrogen and oxygen atoms in total. The van der Waals surface area contributed by atoms with E-state index >= 15 is 0 Å². The highest BCUT2D eigenvalue weighted by molar-refractivity contribution is 5.22. The van der Waals surface area contributed by atoms with E-state index in [0.717, 1.165) is 26.1 Å². The van der Waals surface area contributed by atoms with Crippen LogP contribution in [0.4, 0.5) is 0 Å². The van der Waals surface area contributed by atoms with Crippen molar-refractivity contribution in [2.75, 3.05) is 20.3 Å². The molecule has 1 aliphatic rings. The molecule has 1 aromatic rings. The number of benzene rings is 1. The van der Waals surface area contributed by atoms with E-state index in [9.17, 15) is 0 Å². The molecule has 0 aliphatic carbocycles. The summed E-state index contributed by atoms with van der Waals surface area (Å²) >= 11 is 0. The Hall–Kier alpha value is -0.860. The zero-order valence-corrected chi connectivity index (χ0v) is 10.2. The van der Waals surface area contributed by atoms with Crippen LogP contribution in [0.3, 0.4) is 0 Å². The highest BCUT2D eigenvalue weighted by atomic mass is 16.5. The Morgan fingerprint density at radius 3 is 2.75 bits per heavy atom. The van der Waals surface area contributed by atoms with Gasteiger partial charge in [-0.05, 0) is 32.4 Å². The number of aryl methyl sites for hydroxylation is 1. The van der Waals surface area contributed by atoms with Crippen molar-refractivity contribution in [1.82, 2.24) is 5.32 Å². The average Bonchev–Trinajstić information content (AvgIpc) is 2.33. The molecule has 0 bridgehead atoms. The summed E-state index contributed by atoms with van der Waals surface area (Å²) in [6.07, 6.45) is 2.25. The van der Waals surface area contributed by atoms with Gasteiger partial charge in [0.2, 0.25) is 0 Å². The lowest BCUT2D eigenvalue weighted by Crippen LogP contribution is -2.41. The number of nitrogens with one attached hydrogen (secondary N) is 1. The standard InChI is InChI=1S/C14H21NO/c1-11-3-5-12(6-4-11)9-13-10-16-8-7-14(13)15-2/h3-6,13-15H,7-10H2,1-2H3/t13-,14+/m0/s1. The minimum absolute atomic E-state index is 0.607. The number of rotatable bonds is 3. The van der Waals surface area contributed by atoms with Gasteiger partial charge in [-0.3, -0.25) is 0 Å². The van der Waals surface area contributed by atoms with Crippen molar-refractivity contribution in [3.8, 4) is 0 Å². The predicted molar refractivity (Wildman–Crippen MR) is 66.7 cm³/mol. The van der Waals surface area contributed by atoms with Crippen LogP contribution in [0.15, 0.2) is 24.3 Å². The third-order valence-corrected chi connectivity index (χ3v) is 3.46. The highest BCUT2D eigenvalue weighted by Gasteiger charge is 2.24. The normalized spacial score (nSPS) is 25.6. The van der Waals surface area contributed by atoms with Crippen molar-refractivity contribution in [3.05, 3.63) is 35.4 Å². The molecule has 1 aromatic carbocycles. The Morgan fingerprint density at radius 2 is 2.06 bits per heavy atom. The summed E-state index contributed by atoms with van der Waals surface area (Å²) in [7, 11) is 2.05. The van der Waals surface area contributed by atoms with Crippen molar-refractivity contribution < 1.29 is 4.74 Å². The van der Waals surface area contributed by atoms with Gasteiger partial charge in [0.15, 0.2) is 0 Å². The van der Waals surface area contributed by atoms with Crippen molar-refractivity contribution in [3.63, 3.8) is 0 Å². The number of hydrogen-bond donors (Lipinski definition) is 1. The van der Waals surface area contributed by atoms with Gasteiger partial charge in [-0.15, -0.1) is 0 Å². The van der Waals surface area contributed by atoms with Gasteiger partial charge in [-0.1, -0.05) is 29.8 Å². The summed E-state index contributed by atoms with van der Waals surface area (Å²) in [5, 5.41) is 3.41. The molecule has 0 aromatic heterocycles. The van der Waals surface area contributed by atoms with Crippen LogP contribution >= 0.6 is 0 Å². The van der Waals surface area contributed by atoms with Crippen molar-refractivity contribution in [2.45, 2.75) is 25.8 Å². The molecular formula is C14H21NO. The quantitative estimate of drug-likeness (QED) is 0.841. The van der Waals surface area contributed by atoms with Crippen LogP contribution in [0.5, 0.6) is 0 Å². The Bertz CT molecular complexity index is 320. The van der Waals surface area contributed by atoms with Crippen LogP contribution in [0, 0.1) is 12.8 Å². The molecule has 0 saturated carbocycles. The molecule has 1 fully saturated rings. The molecular weight excluding hydrogens is 198 g/mol. The second kappa shape index (κ2) is 5.46. The second-order valence-electron chi connectivity index (χ2n) is 4.71. The van der Waals surface area contributed by atoms with Crippen molar-refractivity contribution in [2.24, 2.45) is 5.92 Å². The molecule has 88 valence electrons. The second-order valence-corrected chi connectivity index (χ2v) is 4.71. The largest absolute Gasteiger partial charge is 0.381 e. The summed E-state index contributed by atoms with van der Waals surface area (Å²) in [4.78, 5) is 0. The fourth-order valence-corrected chi connectivity index (χ4v) is 2.40. The van der Waals surface area contributed by atoms with Gasteiger partial charge >= 0.3 is 0 Å². The van der Waals surface area contributed by atoms with E-state index in [1.54, 1.807) is 0 Å². The highest BCUT2D eigenvalue weighted by Crippen LogP contribution is 2.19. The molecule has 2 rings (SSSR count). The first-order valence-electron chi connectivity index (χ1n) is 6.10. The summed E-state index contributed by atoms with van der Waals surface area (Å²) < 4.78 is 5.57. The zero-order chi connectivity index (χ0) is 11.4. The van der Waals surface area contributed by atoms with E-state index in [1.165, 1.54) is 11.1 Å². The summed E-state index contributed by atoms with van der Waals surface area (Å²) in [6, 6.07) is 9.45. The number of hydrogen-bond acceptors (Lipinski definition) is 2. The van der Waals surface area contributed by atoms with E-state index in [1.807, 2.05) is 0 Å². The predicted octanol–water partition coefficient (Wildman–Crippen LogP) is 2.16. The Labute approximate surface area is 98.0 Å². The Kier molecular flexibility index (Phi) is 3.97. The lowest BCUT2D eigenvalue weighted by atomic mass is 9.89. The fourth-order valence-electron chi connectivity index (χ4n) is 2.40. The molecule has 0 amide bonds. The van der Waals surface area contributed by atoms with Crippen LogP contribution in [0.1, 0.15) is 17.5 Å². The van der Waals surface area contributed by atoms with Gasteiger partial charge in [0.05, 0.1) is 6.61 Å². The fraction of sp³-hybridized carbons (Fsp3) is 0.571. The first kappa shape index (κ1) is 11.6. The van der Waals surface area contributed by atoms with Gasteiger partial charge in [0, 0.05) is 18.6 Å². The first-order valence-corrected chi connectivity index (χ1v) is 6.10. The molecule has 0 spiro atoms. The average molecular weight is 219 g/mol. The van der Waals surface area contributed by atoms with Crippen molar-refractivity contribution >= 4 is 0 Å². The maximum Gasteiger partial charge on any atom is 0.0512 e. The summed E-state index contributed by atoms with van der Waals surface area (Å²) in [5.41, 5.74) is 2.75. The van der Waals surface area contributed by atoms with E-state index in [4.69, 9.17) is 4.74 Å². The molecule has 1 heterocycles. The molecule has 16 heavy (non-hydrogen) atoms. The molecule has 2 heteroatoms. The Balaban J connectivity index is 1.99. The summed E-state index contributed by atoms with van der Waals surface area (Å²) in [5.74, 6) is 0.612. The maximum absolute atomic E-state index is 5.57. The lowest BCUT2D eigenvalue weighted by Gasteiger charge is -2.31. The molecule has 1 aliphatic heterocycles. The van der Waals surface area contributed by atoms with Crippen LogP contribution in [-0.2, 0) is 11.2 Å². The lowest BCUT2D eigenvalue weighted by molar-refractivity contribution is 0.0342. The third kappa shape index (κ3) is 2.83. The summed E-state index contributed by atoms with van der Waals surface area (Å²) in [6.45, 7) is 3.92. The monoisotopic (exact) mass is 219 g/mol. The molecule has 0 radical (unpaired) electrons. The van der Waals surface area contributed by atoms with Crippen LogP contribution < -0.4 is 5.32 Å². The van der Waals surface area contributed by atoms with Crippen molar-refractivity contribution in [1.29, 1.82) is 0 Å². The molecule has 0 unspecified atom stereocenters. The minimum Gasteiger partial charge on any atom is -0.381 e. The van der Waals surface area contributed by atoms with Crippen LogP contribution in [-0.4, -0.2) is 26.3 Å². The minimum atomic E-state index is 0.607. The number of ether oxygens (including phenoxy) is 1. The third-order valence-electron chi connectivity index (χ3n) is 3.46. The van der Waals surface area contributed by atoms with Gasteiger partial charge in [0.1, 0.15) is 0 Å². The van der Waals surface area contributed by atoms with Gasteiger partial charge in [-0.25, -0.2) is 0 Å². The van der Waals surface area contributed by atoms with Crippen LogP contribution in [0.25, 0.3) is 0 Å². The zero-order valence-electron chi connectivity index (χ0n) is 10.2. The maximum atomic E-state index is 5.57. The molecule has 2 atom stereocenters. The van der Waals surface area contributed by atoms with E-state index < -0.39 is 0 Å². The topological polar surface area (TPSA) is 21.3 Å². The SMILES string of the molecule is CN[C@@H]1CCOC[C@@H]1Cc1ccc(C)cc1. The van der Waals surface area contributed by atoms with E-state index in [2.05, 4.69) is 43.6 Å². The van der Waals surface area contributed by atoms with Gasteiger partial charge in [-0.2, -0.15) is 0 Å². The molecule has 1 N–H and O–H groups in total. The van der Waals surface area contributed by atoms with Crippen LogP contribution in [0.2, 0.25) is 0 Å². The first-order chi connectivity index (χ1) is 7.79. The van der Waals surface area contributed by atoms with Gasteiger partial charge < -0.3 is 10.1 Å². The molecule has 1 saturated heterocycles. The Morgan fingerprint density at radius 1 is 1.31 bits per heavy atom. The van der Waals surface area contributed by atoms with E-state index in [-0.39, 0.29) is 0 Å². The smallest absolute Gasteiger partial charge is 0.0512 e. The van der Waals surface area contributed by atoms with Gasteiger partial charge in [0.25, 0.3) is 0 Å². The van der Waals surface area contributed by atoms with E-state index in [0.29, 0.717) is 12.0 Å².